The molecule has 0 radical (unpaired) electrons. The smallest absolute Gasteiger partial charge is 0.236 e. The third kappa shape index (κ3) is 5.91. The molecule has 0 bridgehead atoms. The highest BCUT2D eigenvalue weighted by atomic mass is 16.5. The quantitative estimate of drug-likeness (QED) is 0.445. The van der Waals surface area contributed by atoms with Crippen molar-refractivity contribution in [2.45, 2.75) is 19.1 Å². The van der Waals surface area contributed by atoms with Crippen LogP contribution in [0.5, 0.6) is 23.0 Å². The second kappa shape index (κ2) is 11.8. The van der Waals surface area contributed by atoms with Gasteiger partial charge in [-0.1, -0.05) is 42.5 Å². The van der Waals surface area contributed by atoms with Gasteiger partial charge in [-0.3, -0.25) is 9.69 Å². The normalized spacial score (nSPS) is 15.3. The lowest BCUT2D eigenvalue weighted by Crippen LogP contribution is -2.40. The summed E-state index contributed by atoms with van der Waals surface area (Å²) in [4.78, 5) is 17.2. The van der Waals surface area contributed by atoms with Gasteiger partial charge in [-0.2, -0.15) is 0 Å². The molecular formula is C29H34N2O5. The standard InChI is InChI=1S/C29H34N2O5/c1-30(16-15-21-13-14-26(34-3)27(17-21)35-4)29(32)20-31-18-22-9-5-7-11-24(22)36-28(19-31)23-10-6-8-12-25(23)33-2/h5-14,17,28H,15-16,18-20H2,1-4H3. The highest BCUT2D eigenvalue weighted by Crippen LogP contribution is 2.34. The zero-order valence-electron chi connectivity index (χ0n) is 21.4. The minimum atomic E-state index is -0.255. The van der Waals surface area contributed by atoms with Gasteiger partial charge in [0.05, 0.1) is 27.9 Å². The molecule has 36 heavy (non-hydrogen) atoms. The van der Waals surface area contributed by atoms with Crippen LogP contribution in [0.4, 0.5) is 0 Å². The van der Waals surface area contributed by atoms with E-state index in [9.17, 15) is 4.79 Å². The number of fused-ring (bicyclic) bond motifs is 1. The fourth-order valence-electron chi connectivity index (χ4n) is 4.46. The first-order valence-corrected chi connectivity index (χ1v) is 12.1. The van der Waals surface area contributed by atoms with Crippen LogP contribution in [0.1, 0.15) is 22.8 Å². The molecule has 190 valence electrons. The minimum Gasteiger partial charge on any atom is -0.496 e. The van der Waals surface area contributed by atoms with Crippen molar-refractivity contribution in [3.8, 4) is 23.0 Å². The molecule has 0 spiro atoms. The Labute approximate surface area is 213 Å². The lowest BCUT2D eigenvalue weighted by Gasteiger charge is -2.27. The molecule has 0 N–H and O–H groups in total. The Hall–Kier alpha value is -3.71. The van der Waals surface area contributed by atoms with Crippen LogP contribution in [0.3, 0.4) is 0 Å². The number of nitrogens with zero attached hydrogens (tertiary/aromatic N) is 2. The number of rotatable bonds is 9. The minimum absolute atomic E-state index is 0.0636. The first-order chi connectivity index (χ1) is 17.5. The second-order valence-corrected chi connectivity index (χ2v) is 8.88. The first kappa shape index (κ1) is 25.4. The van der Waals surface area contributed by atoms with Gasteiger partial charge < -0.3 is 23.8 Å². The Balaban J connectivity index is 1.45. The number of hydrogen-bond acceptors (Lipinski definition) is 6. The van der Waals surface area contributed by atoms with E-state index < -0.39 is 0 Å². The van der Waals surface area contributed by atoms with Gasteiger partial charge in [0.1, 0.15) is 17.6 Å². The van der Waals surface area contributed by atoms with Crippen LogP contribution in [-0.2, 0) is 17.8 Å². The third-order valence-corrected chi connectivity index (χ3v) is 6.51. The van der Waals surface area contributed by atoms with E-state index in [0.29, 0.717) is 37.7 Å². The van der Waals surface area contributed by atoms with Gasteiger partial charge in [0, 0.05) is 37.8 Å². The molecule has 0 fully saturated rings. The number of hydrogen-bond donors (Lipinski definition) is 0. The van der Waals surface area contributed by atoms with Gasteiger partial charge in [-0.05, 0) is 36.2 Å². The summed E-state index contributed by atoms with van der Waals surface area (Å²) in [7, 11) is 6.76. The van der Waals surface area contributed by atoms with Gasteiger partial charge in [-0.25, -0.2) is 0 Å². The molecule has 0 aliphatic carbocycles. The topological polar surface area (TPSA) is 60.5 Å². The van der Waals surface area contributed by atoms with E-state index in [4.69, 9.17) is 18.9 Å². The monoisotopic (exact) mass is 490 g/mol. The molecule has 7 heteroatoms. The van der Waals surface area contributed by atoms with Crippen molar-refractivity contribution < 1.29 is 23.7 Å². The summed E-state index contributed by atoms with van der Waals surface area (Å²) >= 11 is 0. The summed E-state index contributed by atoms with van der Waals surface area (Å²) in [6, 6.07) is 21.7. The molecule has 1 heterocycles. The number of carbonyl (C=O) groups excluding carboxylic acids is 1. The molecule has 3 aromatic rings. The third-order valence-electron chi connectivity index (χ3n) is 6.51. The molecule has 7 nitrogen and oxygen atoms in total. The molecular weight excluding hydrogens is 456 g/mol. The van der Waals surface area contributed by atoms with E-state index >= 15 is 0 Å². The van der Waals surface area contributed by atoms with Crippen LogP contribution < -0.4 is 18.9 Å². The summed E-state index contributed by atoms with van der Waals surface area (Å²) in [5.74, 6) is 3.06. The fraction of sp³-hybridized carbons (Fsp3) is 0.345. The van der Waals surface area contributed by atoms with Crippen molar-refractivity contribution in [1.29, 1.82) is 0 Å². The molecule has 0 saturated heterocycles. The number of para-hydroxylation sites is 2. The van der Waals surface area contributed by atoms with E-state index in [1.165, 1.54) is 0 Å². The van der Waals surface area contributed by atoms with E-state index in [2.05, 4.69) is 11.0 Å². The molecule has 3 aromatic carbocycles. The summed E-state index contributed by atoms with van der Waals surface area (Å²) in [5.41, 5.74) is 3.12. The van der Waals surface area contributed by atoms with Gasteiger partial charge >= 0.3 is 0 Å². The molecule has 1 amide bonds. The zero-order valence-corrected chi connectivity index (χ0v) is 21.4. The van der Waals surface area contributed by atoms with Crippen molar-refractivity contribution in [1.82, 2.24) is 9.80 Å². The Morgan fingerprint density at radius 2 is 1.67 bits per heavy atom. The number of likely N-dealkylation sites (N-methyl/N-ethyl adjacent to an activating group) is 1. The van der Waals surface area contributed by atoms with Crippen molar-refractivity contribution in [2.24, 2.45) is 0 Å². The maximum atomic E-state index is 13.2. The van der Waals surface area contributed by atoms with E-state index in [0.717, 1.165) is 34.6 Å². The lowest BCUT2D eigenvalue weighted by atomic mass is 10.1. The highest BCUT2D eigenvalue weighted by Gasteiger charge is 2.28. The number of amides is 1. The Bertz CT molecular complexity index is 1180. The van der Waals surface area contributed by atoms with E-state index in [-0.39, 0.29) is 12.0 Å². The zero-order chi connectivity index (χ0) is 25.5. The van der Waals surface area contributed by atoms with Crippen LogP contribution in [0.25, 0.3) is 0 Å². The van der Waals surface area contributed by atoms with Crippen LogP contribution in [-0.4, -0.2) is 63.7 Å². The van der Waals surface area contributed by atoms with Crippen LogP contribution >= 0.6 is 0 Å². The molecule has 1 aliphatic rings. The maximum absolute atomic E-state index is 13.2. The molecule has 4 rings (SSSR count). The molecule has 0 saturated carbocycles. The summed E-state index contributed by atoms with van der Waals surface area (Å²) in [6.07, 6.45) is 0.466. The average molecular weight is 491 g/mol. The maximum Gasteiger partial charge on any atom is 0.236 e. The molecule has 1 atom stereocenters. The predicted molar refractivity (Wildman–Crippen MR) is 139 cm³/mol. The number of carbonyl (C=O) groups is 1. The summed E-state index contributed by atoms with van der Waals surface area (Å²) in [5, 5.41) is 0. The van der Waals surface area contributed by atoms with Crippen molar-refractivity contribution >= 4 is 5.91 Å². The Morgan fingerprint density at radius 3 is 2.44 bits per heavy atom. The lowest BCUT2D eigenvalue weighted by molar-refractivity contribution is -0.131. The molecule has 0 aromatic heterocycles. The Kier molecular flexibility index (Phi) is 8.33. The largest absolute Gasteiger partial charge is 0.496 e. The van der Waals surface area contributed by atoms with E-state index in [1.807, 2.05) is 67.7 Å². The first-order valence-electron chi connectivity index (χ1n) is 12.1. The van der Waals surface area contributed by atoms with Crippen molar-refractivity contribution in [3.63, 3.8) is 0 Å². The van der Waals surface area contributed by atoms with Gasteiger partial charge in [0.2, 0.25) is 5.91 Å². The summed E-state index contributed by atoms with van der Waals surface area (Å²) < 4.78 is 22.8. The summed E-state index contributed by atoms with van der Waals surface area (Å²) in [6.45, 7) is 2.11. The van der Waals surface area contributed by atoms with Gasteiger partial charge in [0.15, 0.2) is 11.5 Å². The SMILES string of the molecule is COc1ccc(CCN(C)C(=O)CN2Cc3ccccc3OC(c3ccccc3OC)C2)cc1OC. The van der Waals surface area contributed by atoms with Crippen LogP contribution in [0.2, 0.25) is 0 Å². The van der Waals surface area contributed by atoms with Crippen molar-refractivity contribution in [2.75, 3.05) is 48.0 Å². The fourth-order valence-corrected chi connectivity index (χ4v) is 4.46. The van der Waals surface area contributed by atoms with E-state index in [1.54, 1.807) is 26.2 Å². The molecule has 1 unspecified atom stereocenters. The van der Waals surface area contributed by atoms with Crippen molar-refractivity contribution in [3.05, 3.63) is 83.4 Å². The van der Waals surface area contributed by atoms with Gasteiger partial charge in [0.25, 0.3) is 0 Å². The van der Waals surface area contributed by atoms with Crippen LogP contribution in [0.15, 0.2) is 66.7 Å². The van der Waals surface area contributed by atoms with Crippen LogP contribution in [0, 0.1) is 0 Å². The Morgan fingerprint density at radius 1 is 0.944 bits per heavy atom. The number of ether oxygens (including phenoxy) is 4. The van der Waals surface area contributed by atoms with Gasteiger partial charge in [-0.15, -0.1) is 0 Å². The number of benzene rings is 3. The highest BCUT2D eigenvalue weighted by molar-refractivity contribution is 5.78. The number of methoxy groups -OCH3 is 3. The second-order valence-electron chi connectivity index (χ2n) is 8.88. The molecule has 1 aliphatic heterocycles. The average Bonchev–Trinajstić information content (AvgIpc) is 3.10. The predicted octanol–water partition coefficient (Wildman–Crippen LogP) is 4.35.